The zero-order valence-corrected chi connectivity index (χ0v) is 17.0. The van der Waals surface area contributed by atoms with Crippen molar-refractivity contribution in [3.05, 3.63) is 95.2 Å². The number of carbonyl (C=O) groups is 2. The Morgan fingerprint density at radius 1 is 1.13 bits per heavy atom. The van der Waals surface area contributed by atoms with Crippen molar-refractivity contribution in [2.75, 3.05) is 18.1 Å². The van der Waals surface area contributed by atoms with Gasteiger partial charge < -0.3 is 9.64 Å². The van der Waals surface area contributed by atoms with Crippen LogP contribution in [-0.2, 0) is 9.53 Å². The summed E-state index contributed by atoms with van der Waals surface area (Å²) in [6.45, 7) is 4.10. The Hall–Kier alpha value is -3.91. The third-order valence-corrected chi connectivity index (χ3v) is 4.69. The molecule has 1 aliphatic rings. The second-order valence-corrected chi connectivity index (χ2v) is 6.78. The molecule has 2 aromatic rings. The van der Waals surface area contributed by atoms with Gasteiger partial charge in [-0.1, -0.05) is 54.1 Å². The number of Topliss-reactive ketones (excluding diaryl/α,β-unsaturated/α-hetero) is 1. The number of para-hydroxylation sites is 1. The highest BCUT2D eigenvalue weighted by atomic mass is 16.5. The Morgan fingerprint density at radius 2 is 1.87 bits per heavy atom. The molecule has 0 atom stereocenters. The SMILES string of the molecule is CCOC(=O)/C(C#N)=C/C=C1/C=CN(CC(=O)c2ccc(C)cc2)c2ccccc21. The van der Waals surface area contributed by atoms with Crippen molar-refractivity contribution in [2.45, 2.75) is 13.8 Å². The van der Waals surface area contributed by atoms with Crippen LogP contribution in [0.2, 0.25) is 0 Å². The summed E-state index contributed by atoms with van der Waals surface area (Å²) < 4.78 is 4.89. The first-order chi connectivity index (χ1) is 14.5. The van der Waals surface area contributed by atoms with E-state index in [1.165, 1.54) is 6.08 Å². The van der Waals surface area contributed by atoms with Crippen molar-refractivity contribution in [1.82, 2.24) is 0 Å². The summed E-state index contributed by atoms with van der Waals surface area (Å²) in [7, 11) is 0. The molecule has 0 bridgehead atoms. The minimum atomic E-state index is -0.643. The molecule has 0 unspecified atom stereocenters. The van der Waals surface area contributed by atoms with Crippen molar-refractivity contribution in [1.29, 1.82) is 5.26 Å². The molecule has 0 saturated carbocycles. The molecule has 5 nitrogen and oxygen atoms in total. The van der Waals surface area contributed by atoms with E-state index in [1.54, 1.807) is 13.0 Å². The maximum absolute atomic E-state index is 12.7. The smallest absolute Gasteiger partial charge is 0.348 e. The van der Waals surface area contributed by atoms with Gasteiger partial charge in [-0.15, -0.1) is 0 Å². The highest BCUT2D eigenvalue weighted by Gasteiger charge is 2.19. The number of ketones is 1. The topological polar surface area (TPSA) is 70.4 Å². The molecule has 0 aromatic heterocycles. The lowest BCUT2D eigenvalue weighted by Gasteiger charge is -2.27. The average Bonchev–Trinajstić information content (AvgIpc) is 2.76. The second-order valence-electron chi connectivity index (χ2n) is 6.78. The average molecular weight is 398 g/mol. The Labute approximate surface area is 176 Å². The molecule has 0 radical (unpaired) electrons. The van der Waals surface area contributed by atoms with Crippen LogP contribution in [-0.4, -0.2) is 24.9 Å². The molecule has 0 spiro atoms. The number of hydrogen-bond acceptors (Lipinski definition) is 5. The van der Waals surface area contributed by atoms with Crippen molar-refractivity contribution in [2.24, 2.45) is 0 Å². The highest BCUT2D eigenvalue weighted by Crippen LogP contribution is 2.33. The molecular weight excluding hydrogens is 376 g/mol. The van der Waals surface area contributed by atoms with E-state index < -0.39 is 5.97 Å². The number of ether oxygens (including phenoxy) is 1. The quantitative estimate of drug-likeness (QED) is 0.308. The number of fused-ring (bicyclic) bond motifs is 1. The van der Waals surface area contributed by atoms with Crippen LogP contribution in [0, 0.1) is 18.3 Å². The summed E-state index contributed by atoms with van der Waals surface area (Å²) in [5.41, 5.74) is 4.35. The van der Waals surface area contributed by atoms with Crippen LogP contribution in [0.15, 0.2) is 78.5 Å². The number of hydrogen-bond donors (Lipinski definition) is 0. The fourth-order valence-electron chi connectivity index (χ4n) is 3.11. The summed E-state index contributed by atoms with van der Waals surface area (Å²) in [6.07, 6.45) is 6.87. The summed E-state index contributed by atoms with van der Waals surface area (Å²) >= 11 is 0. The van der Waals surface area contributed by atoms with Gasteiger partial charge in [0.25, 0.3) is 0 Å². The molecule has 1 heterocycles. The Bertz CT molecular complexity index is 1090. The zero-order chi connectivity index (χ0) is 21.5. The standard InChI is InChI=1S/C25H22N2O3/c1-3-30-25(29)21(16-26)13-12-19-14-15-27(23-7-5-4-6-22(19)23)17-24(28)20-10-8-18(2)9-11-20/h4-15H,3,17H2,1-2H3/b19-12-,21-13+. The third kappa shape index (κ3) is 4.73. The normalized spacial score (nSPS) is 14.2. The van der Waals surface area contributed by atoms with E-state index in [1.807, 2.05) is 78.7 Å². The van der Waals surface area contributed by atoms with Crippen LogP contribution in [0.4, 0.5) is 5.69 Å². The molecule has 0 N–H and O–H groups in total. The largest absolute Gasteiger partial charge is 0.462 e. The van der Waals surface area contributed by atoms with Gasteiger partial charge in [0.1, 0.15) is 11.6 Å². The molecule has 0 fully saturated rings. The van der Waals surface area contributed by atoms with E-state index in [9.17, 15) is 14.9 Å². The number of benzene rings is 2. The fraction of sp³-hybridized carbons (Fsp3) is 0.160. The van der Waals surface area contributed by atoms with Crippen molar-refractivity contribution >= 4 is 23.0 Å². The Balaban J connectivity index is 1.87. The maximum Gasteiger partial charge on any atom is 0.348 e. The zero-order valence-electron chi connectivity index (χ0n) is 17.0. The molecular formula is C25H22N2O3. The van der Waals surface area contributed by atoms with E-state index in [0.717, 1.165) is 22.4 Å². The summed E-state index contributed by atoms with van der Waals surface area (Å²) in [5, 5.41) is 9.20. The predicted molar refractivity (Wildman–Crippen MR) is 117 cm³/mol. The van der Waals surface area contributed by atoms with Crippen molar-refractivity contribution < 1.29 is 14.3 Å². The molecule has 3 rings (SSSR count). The lowest BCUT2D eigenvalue weighted by atomic mass is 9.98. The number of esters is 1. The van der Waals surface area contributed by atoms with E-state index in [-0.39, 0.29) is 24.5 Å². The van der Waals surface area contributed by atoms with Crippen LogP contribution in [0.5, 0.6) is 0 Å². The van der Waals surface area contributed by atoms with Gasteiger partial charge in [0.15, 0.2) is 5.78 Å². The molecule has 0 aliphatic carbocycles. The molecule has 0 saturated heterocycles. The highest BCUT2D eigenvalue weighted by molar-refractivity contribution is 6.01. The summed E-state index contributed by atoms with van der Waals surface area (Å²) in [6, 6.07) is 17.1. The van der Waals surface area contributed by atoms with Gasteiger partial charge in [0.2, 0.25) is 0 Å². The minimum Gasteiger partial charge on any atom is -0.462 e. The third-order valence-electron chi connectivity index (χ3n) is 4.69. The van der Waals surface area contributed by atoms with Gasteiger partial charge in [0, 0.05) is 23.0 Å². The predicted octanol–water partition coefficient (Wildman–Crippen LogP) is 4.61. The van der Waals surface area contributed by atoms with Crippen LogP contribution in [0.1, 0.15) is 28.4 Å². The Kier molecular flexibility index (Phi) is 6.61. The first-order valence-electron chi connectivity index (χ1n) is 9.66. The lowest BCUT2D eigenvalue weighted by Crippen LogP contribution is -2.27. The maximum atomic E-state index is 12.7. The minimum absolute atomic E-state index is 0.0239. The van der Waals surface area contributed by atoms with Gasteiger partial charge in [-0.25, -0.2) is 4.79 Å². The van der Waals surface area contributed by atoms with Gasteiger partial charge in [0.05, 0.1) is 13.2 Å². The first kappa shape index (κ1) is 20.8. The molecule has 150 valence electrons. The van der Waals surface area contributed by atoms with E-state index in [0.29, 0.717) is 5.56 Å². The van der Waals surface area contributed by atoms with Crippen LogP contribution in [0.25, 0.3) is 5.57 Å². The fourth-order valence-corrected chi connectivity index (χ4v) is 3.11. The molecule has 5 heteroatoms. The number of nitriles is 1. The number of rotatable bonds is 6. The van der Waals surface area contributed by atoms with Crippen LogP contribution in [0.3, 0.4) is 0 Å². The number of aryl methyl sites for hydroxylation is 1. The van der Waals surface area contributed by atoms with Crippen molar-refractivity contribution in [3.63, 3.8) is 0 Å². The number of anilines is 1. The van der Waals surface area contributed by atoms with E-state index >= 15 is 0 Å². The monoisotopic (exact) mass is 398 g/mol. The van der Waals surface area contributed by atoms with E-state index in [2.05, 4.69) is 0 Å². The molecule has 1 aliphatic heterocycles. The molecule has 30 heavy (non-hydrogen) atoms. The van der Waals surface area contributed by atoms with Gasteiger partial charge in [-0.3, -0.25) is 4.79 Å². The van der Waals surface area contributed by atoms with Crippen molar-refractivity contribution in [3.8, 4) is 6.07 Å². The first-order valence-corrected chi connectivity index (χ1v) is 9.66. The van der Waals surface area contributed by atoms with Crippen LogP contribution >= 0.6 is 0 Å². The Morgan fingerprint density at radius 3 is 2.57 bits per heavy atom. The van der Waals surface area contributed by atoms with Crippen LogP contribution < -0.4 is 4.90 Å². The number of allylic oxidation sites excluding steroid dienone is 4. The number of nitrogens with zero attached hydrogens (tertiary/aromatic N) is 2. The van der Waals surface area contributed by atoms with Gasteiger partial charge >= 0.3 is 5.97 Å². The summed E-state index contributed by atoms with van der Waals surface area (Å²) in [4.78, 5) is 26.4. The molecule has 2 aromatic carbocycles. The summed E-state index contributed by atoms with van der Waals surface area (Å²) in [5.74, 6) is -0.619. The molecule has 0 amide bonds. The van der Waals surface area contributed by atoms with Gasteiger partial charge in [-0.05, 0) is 37.6 Å². The second kappa shape index (κ2) is 9.53. The number of carbonyl (C=O) groups excluding carboxylic acids is 2. The lowest BCUT2D eigenvalue weighted by molar-refractivity contribution is -0.138. The van der Waals surface area contributed by atoms with E-state index in [4.69, 9.17) is 4.74 Å². The van der Waals surface area contributed by atoms with Gasteiger partial charge in [-0.2, -0.15) is 5.26 Å².